The molecule has 1 amide bonds. The number of hydrogen-bond donors (Lipinski definition) is 2. The molecule has 1 aromatic heterocycles. The Morgan fingerprint density at radius 3 is 2.50 bits per heavy atom. The molecule has 1 heterocycles. The highest BCUT2D eigenvalue weighted by Crippen LogP contribution is 2.33. The molecule has 0 aliphatic carbocycles. The van der Waals surface area contributed by atoms with Gasteiger partial charge in [-0.2, -0.15) is 0 Å². The summed E-state index contributed by atoms with van der Waals surface area (Å²) in [6.45, 7) is 2.01. The molecule has 0 atom stereocenters. The number of para-hydroxylation sites is 1. The first-order chi connectivity index (χ1) is 14.6. The van der Waals surface area contributed by atoms with Gasteiger partial charge >= 0.3 is 5.69 Å². The summed E-state index contributed by atoms with van der Waals surface area (Å²) in [6, 6.07) is 22.1. The minimum absolute atomic E-state index is 0.280. The molecule has 0 aliphatic rings. The highest BCUT2D eigenvalue weighted by molar-refractivity contribution is 7.99. The third-order valence-electron chi connectivity index (χ3n) is 4.67. The molecule has 3 aromatic carbocycles. The van der Waals surface area contributed by atoms with E-state index in [4.69, 9.17) is 0 Å². The van der Waals surface area contributed by atoms with Crippen LogP contribution >= 0.6 is 11.8 Å². The molecule has 4 rings (SSSR count). The van der Waals surface area contributed by atoms with Crippen LogP contribution in [0.2, 0.25) is 0 Å². The summed E-state index contributed by atoms with van der Waals surface area (Å²) in [5, 5.41) is 3.30. The molecule has 0 unspecified atom stereocenters. The molecule has 4 aromatic rings. The second-order valence-corrected chi connectivity index (χ2v) is 7.72. The van der Waals surface area contributed by atoms with Crippen LogP contribution in [0.1, 0.15) is 17.3 Å². The highest BCUT2D eigenvalue weighted by atomic mass is 32.2. The highest BCUT2D eigenvalue weighted by Gasteiger charge is 2.13. The minimum atomic E-state index is -0.489. The summed E-state index contributed by atoms with van der Waals surface area (Å²) in [4.78, 5) is 42.0. The van der Waals surface area contributed by atoms with Gasteiger partial charge in [-0.1, -0.05) is 42.1 Å². The van der Waals surface area contributed by atoms with Crippen LogP contribution in [0.15, 0.2) is 92.2 Å². The number of rotatable bonds is 5. The zero-order valence-electron chi connectivity index (χ0n) is 16.2. The van der Waals surface area contributed by atoms with Gasteiger partial charge in [-0.3, -0.25) is 14.2 Å². The molecule has 7 heteroatoms. The number of aromatic amines is 1. The predicted molar refractivity (Wildman–Crippen MR) is 119 cm³/mol. The second kappa shape index (κ2) is 8.42. The van der Waals surface area contributed by atoms with Crippen molar-refractivity contribution >= 4 is 34.3 Å². The standard InChI is InChI=1S/C23H19N3O3S/c1-2-26-22(28)17-13-12-15(14-19(17)25-23(26)29)21(27)24-18-10-6-7-11-20(18)30-16-8-4-3-5-9-16/h3-14H,2H2,1H3,(H,24,27)(H,25,29). The quantitative estimate of drug-likeness (QED) is 0.512. The summed E-state index contributed by atoms with van der Waals surface area (Å²) < 4.78 is 1.12. The predicted octanol–water partition coefficient (Wildman–Crippen LogP) is 4.11. The summed E-state index contributed by atoms with van der Waals surface area (Å²) in [6.07, 6.45) is 0. The van der Waals surface area contributed by atoms with Crippen LogP contribution < -0.4 is 16.6 Å². The van der Waals surface area contributed by atoms with Crippen molar-refractivity contribution in [1.82, 2.24) is 9.55 Å². The third kappa shape index (κ3) is 3.92. The number of aromatic nitrogens is 2. The number of amides is 1. The van der Waals surface area contributed by atoms with Crippen LogP contribution in [0.5, 0.6) is 0 Å². The minimum Gasteiger partial charge on any atom is -0.321 e. The van der Waals surface area contributed by atoms with Crippen molar-refractivity contribution in [2.75, 3.05) is 5.32 Å². The summed E-state index contributed by atoms with van der Waals surface area (Å²) in [5.74, 6) is -0.321. The number of carbonyl (C=O) groups is 1. The fourth-order valence-electron chi connectivity index (χ4n) is 3.15. The van der Waals surface area contributed by atoms with Gasteiger partial charge in [-0.15, -0.1) is 0 Å². The molecular weight excluding hydrogens is 398 g/mol. The first-order valence-corrected chi connectivity index (χ1v) is 10.3. The van der Waals surface area contributed by atoms with Gasteiger partial charge in [0.05, 0.1) is 16.6 Å². The Balaban J connectivity index is 1.64. The maximum Gasteiger partial charge on any atom is 0.328 e. The molecule has 6 nitrogen and oxygen atoms in total. The Labute approximate surface area is 176 Å². The van der Waals surface area contributed by atoms with Gasteiger partial charge in [-0.05, 0) is 49.4 Å². The third-order valence-corrected chi connectivity index (χ3v) is 5.75. The molecule has 0 bridgehead atoms. The van der Waals surface area contributed by atoms with Crippen LogP contribution in [-0.4, -0.2) is 15.5 Å². The van der Waals surface area contributed by atoms with Crippen LogP contribution in [-0.2, 0) is 6.54 Å². The lowest BCUT2D eigenvalue weighted by Crippen LogP contribution is -2.34. The Bertz CT molecular complexity index is 1340. The topological polar surface area (TPSA) is 84.0 Å². The average molecular weight is 417 g/mol. The molecule has 0 saturated heterocycles. The maximum atomic E-state index is 12.9. The fraction of sp³-hybridized carbons (Fsp3) is 0.0870. The van der Waals surface area contributed by atoms with E-state index in [0.29, 0.717) is 22.2 Å². The van der Waals surface area contributed by atoms with Crippen LogP contribution in [0.25, 0.3) is 10.9 Å². The van der Waals surface area contributed by atoms with E-state index in [9.17, 15) is 14.4 Å². The largest absolute Gasteiger partial charge is 0.328 e. The number of nitrogens with one attached hydrogen (secondary N) is 2. The van der Waals surface area contributed by atoms with Gasteiger partial charge in [0.1, 0.15) is 0 Å². The van der Waals surface area contributed by atoms with Crippen LogP contribution in [0.4, 0.5) is 5.69 Å². The molecule has 0 radical (unpaired) electrons. The lowest BCUT2D eigenvalue weighted by molar-refractivity contribution is 0.102. The van der Waals surface area contributed by atoms with E-state index >= 15 is 0 Å². The van der Waals surface area contributed by atoms with Crippen molar-refractivity contribution in [3.63, 3.8) is 0 Å². The SMILES string of the molecule is CCn1c(=O)[nH]c2cc(C(=O)Nc3ccccc3Sc3ccccc3)ccc2c1=O. The number of hydrogen-bond acceptors (Lipinski definition) is 4. The first-order valence-electron chi connectivity index (χ1n) is 9.47. The van der Waals surface area contributed by atoms with Crippen LogP contribution in [0, 0.1) is 0 Å². The summed E-state index contributed by atoms with van der Waals surface area (Å²) in [7, 11) is 0. The van der Waals surface area contributed by atoms with Gasteiger partial charge in [0, 0.05) is 21.9 Å². The molecule has 2 N–H and O–H groups in total. The Kier molecular flexibility index (Phi) is 5.54. The number of benzene rings is 3. The average Bonchev–Trinajstić information content (AvgIpc) is 2.75. The normalized spacial score (nSPS) is 10.8. The van der Waals surface area contributed by atoms with E-state index in [1.54, 1.807) is 30.8 Å². The zero-order valence-corrected chi connectivity index (χ0v) is 17.0. The molecule has 30 heavy (non-hydrogen) atoms. The van der Waals surface area contributed by atoms with E-state index < -0.39 is 5.69 Å². The van der Waals surface area contributed by atoms with Crippen molar-refractivity contribution < 1.29 is 4.79 Å². The lowest BCUT2D eigenvalue weighted by atomic mass is 10.1. The van der Waals surface area contributed by atoms with E-state index in [-0.39, 0.29) is 18.0 Å². The van der Waals surface area contributed by atoms with E-state index in [1.165, 1.54) is 6.07 Å². The summed E-state index contributed by atoms with van der Waals surface area (Å²) in [5.41, 5.74) is 0.525. The maximum absolute atomic E-state index is 12.9. The molecule has 150 valence electrons. The van der Waals surface area contributed by atoms with Crippen molar-refractivity contribution in [2.24, 2.45) is 0 Å². The Morgan fingerprint density at radius 1 is 1.00 bits per heavy atom. The van der Waals surface area contributed by atoms with Crippen molar-refractivity contribution in [1.29, 1.82) is 0 Å². The number of carbonyl (C=O) groups excluding carboxylic acids is 1. The fourth-order valence-corrected chi connectivity index (χ4v) is 4.07. The first kappa shape index (κ1) is 19.7. The molecule has 0 fully saturated rings. The van der Waals surface area contributed by atoms with Crippen molar-refractivity contribution in [3.05, 3.63) is 99.2 Å². The van der Waals surface area contributed by atoms with Gasteiger partial charge in [0.15, 0.2) is 0 Å². The van der Waals surface area contributed by atoms with Gasteiger partial charge in [0.25, 0.3) is 11.5 Å². The molecule has 0 spiro atoms. The zero-order chi connectivity index (χ0) is 21.1. The number of H-pyrrole nitrogens is 1. The molecule has 0 aliphatic heterocycles. The molecule has 0 saturated carbocycles. The van der Waals surface area contributed by atoms with E-state index in [1.807, 2.05) is 54.6 Å². The Hall–Kier alpha value is -3.58. The number of nitrogens with zero attached hydrogens (tertiary/aromatic N) is 1. The van der Waals surface area contributed by atoms with Gasteiger partial charge in [-0.25, -0.2) is 4.79 Å². The molecular formula is C23H19N3O3S. The van der Waals surface area contributed by atoms with Gasteiger partial charge in [0.2, 0.25) is 0 Å². The van der Waals surface area contributed by atoms with Crippen molar-refractivity contribution in [3.8, 4) is 0 Å². The van der Waals surface area contributed by atoms with Crippen LogP contribution in [0.3, 0.4) is 0 Å². The monoisotopic (exact) mass is 417 g/mol. The summed E-state index contributed by atoms with van der Waals surface area (Å²) >= 11 is 1.56. The number of fused-ring (bicyclic) bond motifs is 1. The lowest BCUT2D eigenvalue weighted by Gasteiger charge is -2.11. The Morgan fingerprint density at radius 2 is 1.73 bits per heavy atom. The van der Waals surface area contributed by atoms with E-state index in [0.717, 1.165) is 14.4 Å². The van der Waals surface area contributed by atoms with E-state index in [2.05, 4.69) is 10.3 Å². The second-order valence-electron chi connectivity index (χ2n) is 6.61. The van der Waals surface area contributed by atoms with Gasteiger partial charge < -0.3 is 10.3 Å². The number of anilines is 1. The smallest absolute Gasteiger partial charge is 0.321 e. The van der Waals surface area contributed by atoms with Crippen molar-refractivity contribution in [2.45, 2.75) is 23.3 Å².